The van der Waals surface area contributed by atoms with Crippen LogP contribution in [0.1, 0.15) is 54.0 Å². The summed E-state index contributed by atoms with van der Waals surface area (Å²) in [5.41, 5.74) is 11.9. The molecule has 0 bridgehead atoms. The molecule has 0 saturated heterocycles. The molecule has 31 heavy (non-hydrogen) atoms. The minimum atomic E-state index is 0.0967. The van der Waals surface area contributed by atoms with Gasteiger partial charge in [0.2, 0.25) is 11.9 Å². The number of hydrogen-bond acceptors (Lipinski definition) is 8. The lowest BCUT2D eigenvalue weighted by molar-refractivity contribution is 0.174. The van der Waals surface area contributed by atoms with Crippen molar-refractivity contribution >= 4 is 27.9 Å². The summed E-state index contributed by atoms with van der Waals surface area (Å²) in [5.74, 6) is 1.86. The number of aryl methyl sites for hydroxylation is 1. The molecule has 2 N–H and O–H groups in total. The van der Waals surface area contributed by atoms with E-state index in [2.05, 4.69) is 43.1 Å². The highest BCUT2D eigenvalue weighted by atomic mass is 32.1. The zero-order valence-corrected chi connectivity index (χ0v) is 18.9. The van der Waals surface area contributed by atoms with Gasteiger partial charge in [0, 0.05) is 22.7 Å². The van der Waals surface area contributed by atoms with Gasteiger partial charge in [-0.3, -0.25) is 0 Å². The Morgan fingerprint density at radius 2 is 1.90 bits per heavy atom. The highest BCUT2D eigenvalue weighted by molar-refractivity contribution is 7.15. The first-order chi connectivity index (χ1) is 14.9. The predicted molar refractivity (Wildman–Crippen MR) is 123 cm³/mol. The largest absolute Gasteiger partial charge is 0.454 e. The van der Waals surface area contributed by atoms with Crippen molar-refractivity contribution in [2.75, 3.05) is 17.5 Å². The van der Waals surface area contributed by atoms with Crippen LogP contribution in [0.3, 0.4) is 0 Å². The van der Waals surface area contributed by atoms with E-state index >= 15 is 0 Å². The molecule has 3 aromatic rings. The number of nitrogens with zero attached hydrogens (tertiary/aromatic N) is 4. The van der Waals surface area contributed by atoms with E-state index in [9.17, 15) is 0 Å². The second-order valence-electron chi connectivity index (χ2n) is 8.36. The molecule has 160 valence electrons. The second kappa shape index (κ2) is 7.53. The smallest absolute Gasteiger partial charge is 0.231 e. The molecule has 2 aliphatic rings. The van der Waals surface area contributed by atoms with Gasteiger partial charge >= 0.3 is 0 Å². The average molecular weight is 436 g/mol. The first-order valence-electron chi connectivity index (χ1n) is 10.4. The minimum Gasteiger partial charge on any atom is -0.454 e. The molecular formula is C23H25N5O2S. The fourth-order valence-corrected chi connectivity index (χ4v) is 4.76. The molecule has 0 unspecified atom stereocenters. The summed E-state index contributed by atoms with van der Waals surface area (Å²) in [4.78, 5) is 0. The number of nitrogens with two attached hydrogens (primary N) is 1. The van der Waals surface area contributed by atoms with Gasteiger partial charge in [-0.25, -0.2) is 5.01 Å². The molecule has 7 nitrogen and oxygen atoms in total. The van der Waals surface area contributed by atoms with E-state index in [0.29, 0.717) is 5.92 Å². The molecule has 0 fully saturated rings. The third kappa shape index (κ3) is 3.50. The quantitative estimate of drug-likeness (QED) is 0.610. The summed E-state index contributed by atoms with van der Waals surface area (Å²) in [5, 5.41) is 17.8. The monoisotopic (exact) mass is 435 g/mol. The second-order valence-corrected chi connectivity index (χ2v) is 9.35. The predicted octanol–water partition coefficient (Wildman–Crippen LogP) is 4.48. The molecule has 5 rings (SSSR count). The maximum Gasteiger partial charge on any atom is 0.231 e. The van der Waals surface area contributed by atoms with Crippen molar-refractivity contribution < 1.29 is 9.47 Å². The van der Waals surface area contributed by atoms with E-state index in [1.165, 1.54) is 5.56 Å². The van der Waals surface area contributed by atoms with E-state index in [-0.39, 0.29) is 12.8 Å². The molecule has 0 amide bonds. The summed E-state index contributed by atoms with van der Waals surface area (Å²) in [6.07, 6.45) is 0.795. The van der Waals surface area contributed by atoms with Gasteiger partial charge in [-0.05, 0) is 55.7 Å². The molecule has 2 aromatic carbocycles. The molecule has 0 aliphatic carbocycles. The van der Waals surface area contributed by atoms with Crippen molar-refractivity contribution in [3.8, 4) is 11.5 Å². The maximum atomic E-state index is 6.09. The summed E-state index contributed by atoms with van der Waals surface area (Å²) in [6.45, 7) is 8.66. The van der Waals surface area contributed by atoms with Gasteiger partial charge in [0.15, 0.2) is 11.5 Å². The molecule has 3 heterocycles. The summed E-state index contributed by atoms with van der Waals surface area (Å²) < 4.78 is 11.3. The van der Waals surface area contributed by atoms with Gasteiger partial charge in [0.25, 0.3) is 0 Å². The van der Waals surface area contributed by atoms with Crippen molar-refractivity contribution in [2.45, 2.75) is 46.1 Å². The van der Waals surface area contributed by atoms with Crippen molar-refractivity contribution in [1.82, 2.24) is 10.2 Å². The normalized spacial score (nSPS) is 17.5. The third-order valence-corrected chi connectivity index (χ3v) is 6.87. The van der Waals surface area contributed by atoms with Crippen LogP contribution in [0.4, 0.5) is 10.8 Å². The van der Waals surface area contributed by atoms with Gasteiger partial charge in [0.1, 0.15) is 5.01 Å². The van der Waals surface area contributed by atoms with Crippen LogP contribution in [0.5, 0.6) is 11.5 Å². The van der Waals surface area contributed by atoms with E-state index in [0.717, 1.165) is 56.1 Å². The highest BCUT2D eigenvalue weighted by Gasteiger charge is 2.29. The van der Waals surface area contributed by atoms with Gasteiger partial charge in [-0.2, -0.15) is 5.10 Å². The zero-order valence-electron chi connectivity index (χ0n) is 18.0. The Bertz CT molecular complexity index is 1190. The number of hydrogen-bond donors (Lipinski definition) is 1. The number of anilines is 2. The van der Waals surface area contributed by atoms with Crippen LogP contribution in [-0.2, 0) is 6.42 Å². The lowest BCUT2D eigenvalue weighted by Crippen LogP contribution is -2.29. The Hall–Kier alpha value is -3.13. The van der Waals surface area contributed by atoms with E-state index in [1.807, 2.05) is 30.1 Å². The first-order valence-corrected chi connectivity index (χ1v) is 11.2. The van der Waals surface area contributed by atoms with Crippen LogP contribution in [0.15, 0.2) is 35.4 Å². The van der Waals surface area contributed by atoms with Gasteiger partial charge < -0.3 is 15.2 Å². The molecule has 0 radical (unpaired) electrons. The zero-order chi connectivity index (χ0) is 21.7. The minimum absolute atomic E-state index is 0.0967. The van der Waals surface area contributed by atoms with E-state index in [4.69, 9.17) is 20.3 Å². The summed E-state index contributed by atoms with van der Waals surface area (Å²) in [7, 11) is 0. The van der Waals surface area contributed by atoms with Crippen molar-refractivity contribution in [3.05, 3.63) is 57.6 Å². The topological polar surface area (TPSA) is 85.9 Å². The van der Waals surface area contributed by atoms with Crippen LogP contribution in [0, 0.1) is 6.92 Å². The Morgan fingerprint density at radius 3 is 2.61 bits per heavy atom. The van der Waals surface area contributed by atoms with Crippen LogP contribution in [0.2, 0.25) is 0 Å². The van der Waals surface area contributed by atoms with Gasteiger partial charge in [0.05, 0.1) is 11.8 Å². The van der Waals surface area contributed by atoms with E-state index in [1.54, 1.807) is 11.3 Å². The number of aromatic nitrogens is 2. The molecular weight excluding hydrogens is 410 g/mol. The molecule has 1 aromatic heterocycles. The van der Waals surface area contributed by atoms with Crippen molar-refractivity contribution in [2.24, 2.45) is 5.10 Å². The van der Waals surface area contributed by atoms with Gasteiger partial charge in [-0.15, -0.1) is 10.2 Å². The van der Waals surface area contributed by atoms with Crippen LogP contribution in [0.25, 0.3) is 0 Å². The Labute approximate surface area is 185 Å². The average Bonchev–Trinajstić information content (AvgIpc) is 3.37. The van der Waals surface area contributed by atoms with Crippen molar-refractivity contribution in [1.29, 1.82) is 0 Å². The number of hydrazone groups is 1. The molecule has 2 aliphatic heterocycles. The van der Waals surface area contributed by atoms with Crippen LogP contribution < -0.4 is 20.2 Å². The molecule has 8 heteroatoms. The van der Waals surface area contributed by atoms with Gasteiger partial charge in [-0.1, -0.05) is 31.3 Å². The molecule has 0 spiro atoms. The Balaban J connectivity index is 1.69. The Morgan fingerprint density at radius 1 is 1.13 bits per heavy atom. The van der Waals surface area contributed by atoms with Crippen LogP contribution >= 0.6 is 11.3 Å². The Kier molecular flexibility index (Phi) is 4.81. The number of rotatable bonds is 3. The lowest BCUT2D eigenvalue weighted by atomic mass is 9.93. The first kappa shape index (κ1) is 19.8. The SMILES string of the molecule is Cc1cc(C2=NN(c3nnc(C(C)C)s3)[C@H](C)Cc3cc4c(cc32)OCO4)ccc1N. The standard InChI is InChI=1S/C23H25N5O2S/c1-12(2)22-25-26-23(31-22)28-14(4)8-16-9-19-20(30-11-29-19)10-17(16)21(27-28)15-5-6-18(24)13(3)7-15/h5-7,9-10,12,14H,8,11,24H2,1-4H3/t14-/m1/s1. The van der Waals surface area contributed by atoms with Crippen LogP contribution in [-0.4, -0.2) is 28.7 Å². The number of nitrogen functional groups attached to an aromatic ring is 1. The number of fused-ring (bicyclic) bond motifs is 2. The summed E-state index contributed by atoms with van der Waals surface area (Å²) in [6, 6.07) is 10.2. The lowest BCUT2D eigenvalue weighted by Gasteiger charge is -2.22. The third-order valence-electron chi connectivity index (χ3n) is 5.66. The summed E-state index contributed by atoms with van der Waals surface area (Å²) >= 11 is 1.59. The van der Waals surface area contributed by atoms with E-state index < -0.39 is 0 Å². The number of ether oxygens (including phenoxy) is 2. The maximum absolute atomic E-state index is 6.09. The molecule has 0 saturated carbocycles. The fraction of sp³-hybridized carbons (Fsp3) is 0.348. The molecule has 1 atom stereocenters. The fourth-order valence-electron chi connectivity index (χ4n) is 3.86. The van der Waals surface area contributed by atoms with Crippen molar-refractivity contribution in [3.63, 3.8) is 0 Å². The number of benzene rings is 2. The highest BCUT2D eigenvalue weighted by Crippen LogP contribution is 2.39.